The Kier molecular flexibility index (Phi) is 1.55. The Hall–Kier alpha value is -0.270. The van der Waals surface area contributed by atoms with Crippen LogP contribution in [0, 0.1) is 0 Å². The third kappa shape index (κ3) is 0.998. The molecule has 1 atom stereocenters. The summed E-state index contributed by atoms with van der Waals surface area (Å²) in [6, 6.07) is 0.553. The van der Waals surface area contributed by atoms with Gasteiger partial charge in [-0.05, 0) is 19.0 Å². The van der Waals surface area contributed by atoms with E-state index in [1.165, 1.54) is 12.0 Å². The van der Waals surface area contributed by atoms with Gasteiger partial charge in [0.15, 0.2) is 0 Å². The zero-order chi connectivity index (χ0) is 6.97. The van der Waals surface area contributed by atoms with E-state index in [0.717, 1.165) is 18.0 Å². The quantitative estimate of drug-likeness (QED) is 0.563. The molecule has 0 amide bonds. The van der Waals surface area contributed by atoms with Crippen LogP contribution in [0.3, 0.4) is 0 Å². The molecular formula is C8H10ClN. The molecule has 1 fully saturated rings. The van der Waals surface area contributed by atoms with Crippen molar-refractivity contribution in [3.8, 4) is 0 Å². The van der Waals surface area contributed by atoms with Gasteiger partial charge in [0.2, 0.25) is 0 Å². The van der Waals surface area contributed by atoms with Crippen molar-refractivity contribution in [2.75, 3.05) is 6.54 Å². The maximum absolute atomic E-state index is 5.86. The molecule has 0 spiro atoms. The first-order valence-electron chi connectivity index (χ1n) is 3.65. The van der Waals surface area contributed by atoms with E-state index < -0.39 is 0 Å². The van der Waals surface area contributed by atoms with Crippen LogP contribution < -0.4 is 5.32 Å². The second-order valence-corrected chi connectivity index (χ2v) is 3.30. The highest BCUT2D eigenvalue weighted by Crippen LogP contribution is 2.26. The summed E-state index contributed by atoms with van der Waals surface area (Å²) in [6.45, 7) is 1.12. The van der Waals surface area contributed by atoms with Crippen LogP contribution in [0.5, 0.6) is 0 Å². The van der Waals surface area contributed by atoms with E-state index in [9.17, 15) is 0 Å². The summed E-state index contributed by atoms with van der Waals surface area (Å²) < 4.78 is 0. The van der Waals surface area contributed by atoms with Gasteiger partial charge in [-0.3, -0.25) is 0 Å². The summed E-state index contributed by atoms with van der Waals surface area (Å²) in [7, 11) is 0. The second kappa shape index (κ2) is 2.40. The summed E-state index contributed by atoms with van der Waals surface area (Å²) in [5, 5.41) is 4.37. The van der Waals surface area contributed by atoms with Crippen molar-refractivity contribution >= 4 is 11.6 Å². The van der Waals surface area contributed by atoms with E-state index in [-0.39, 0.29) is 0 Å². The van der Waals surface area contributed by atoms with Crippen LogP contribution in [-0.4, -0.2) is 12.6 Å². The molecule has 1 nitrogen and oxygen atoms in total. The Morgan fingerprint density at radius 1 is 1.50 bits per heavy atom. The lowest BCUT2D eigenvalue weighted by atomic mass is 10.0. The molecule has 0 aromatic heterocycles. The Balaban J connectivity index is 2.22. The number of hydrogen-bond acceptors (Lipinski definition) is 1. The van der Waals surface area contributed by atoms with Crippen LogP contribution in [0.1, 0.15) is 12.8 Å². The second-order valence-electron chi connectivity index (χ2n) is 2.82. The molecule has 0 aromatic rings. The predicted octanol–water partition coefficient (Wildman–Crippen LogP) is 1.80. The zero-order valence-electron chi connectivity index (χ0n) is 5.73. The van der Waals surface area contributed by atoms with Crippen molar-refractivity contribution in [3.63, 3.8) is 0 Å². The van der Waals surface area contributed by atoms with Gasteiger partial charge in [0, 0.05) is 17.5 Å². The fraction of sp³-hybridized carbons (Fsp3) is 0.500. The lowest BCUT2D eigenvalue weighted by molar-refractivity contribution is 0.664. The third-order valence-electron chi connectivity index (χ3n) is 2.13. The largest absolute Gasteiger partial charge is 0.310 e. The van der Waals surface area contributed by atoms with Crippen LogP contribution in [0.15, 0.2) is 22.8 Å². The summed E-state index contributed by atoms with van der Waals surface area (Å²) in [6.07, 6.45) is 6.36. The third-order valence-corrected chi connectivity index (χ3v) is 2.41. The molecule has 0 aromatic carbocycles. The first kappa shape index (κ1) is 6.44. The minimum Gasteiger partial charge on any atom is -0.310 e. The van der Waals surface area contributed by atoms with Gasteiger partial charge in [-0.2, -0.15) is 0 Å². The Morgan fingerprint density at radius 3 is 3.30 bits per heavy atom. The lowest BCUT2D eigenvalue weighted by Crippen LogP contribution is -2.23. The monoisotopic (exact) mass is 155 g/mol. The van der Waals surface area contributed by atoms with Crippen LogP contribution >= 0.6 is 11.6 Å². The van der Waals surface area contributed by atoms with Crippen LogP contribution in [0.4, 0.5) is 0 Å². The molecule has 0 unspecified atom stereocenters. The van der Waals surface area contributed by atoms with E-state index in [1.807, 2.05) is 6.08 Å². The van der Waals surface area contributed by atoms with Gasteiger partial charge in [0.25, 0.3) is 0 Å². The van der Waals surface area contributed by atoms with Crippen molar-refractivity contribution < 1.29 is 0 Å². The Morgan fingerprint density at radius 2 is 2.40 bits per heavy atom. The summed E-state index contributed by atoms with van der Waals surface area (Å²) in [4.78, 5) is 0. The maximum atomic E-state index is 5.86. The SMILES string of the molecule is ClC1=CC=C2CCN[C@@H]2C1. The van der Waals surface area contributed by atoms with E-state index >= 15 is 0 Å². The summed E-state index contributed by atoms with van der Waals surface area (Å²) in [5.41, 5.74) is 1.52. The average molecular weight is 156 g/mol. The van der Waals surface area contributed by atoms with Gasteiger partial charge in [0.1, 0.15) is 0 Å². The number of hydrogen-bond donors (Lipinski definition) is 1. The number of nitrogens with one attached hydrogen (secondary N) is 1. The van der Waals surface area contributed by atoms with Gasteiger partial charge in [-0.1, -0.05) is 23.3 Å². The van der Waals surface area contributed by atoms with Crippen molar-refractivity contribution in [1.29, 1.82) is 0 Å². The Labute approximate surface area is 65.8 Å². The number of rotatable bonds is 0. The zero-order valence-corrected chi connectivity index (χ0v) is 6.49. The standard InChI is InChI=1S/C8H10ClN/c9-7-2-1-6-3-4-10-8(6)5-7/h1-2,8,10H,3-5H2/t8-/m1/s1. The maximum Gasteiger partial charge on any atom is 0.0332 e. The highest BCUT2D eigenvalue weighted by atomic mass is 35.5. The lowest BCUT2D eigenvalue weighted by Gasteiger charge is -2.14. The fourth-order valence-corrected chi connectivity index (χ4v) is 1.78. The molecule has 1 aliphatic carbocycles. The summed E-state index contributed by atoms with van der Waals surface area (Å²) in [5.74, 6) is 0. The minimum atomic E-state index is 0.553. The molecule has 1 aliphatic heterocycles. The molecule has 2 rings (SSSR count). The van der Waals surface area contributed by atoms with Gasteiger partial charge in [0.05, 0.1) is 0 Å². The van der Waals surface area contributed by atoms with Gasteiger partial charge < -0.3 is 5.32 Å². The van der Waals surface area contributed by atoms with Crippen molar-refractivity contribution in [2.24, 2.45) is 0 Å². The topological polar surface area (TPSA) is 12.0 Å². The normalized spacial score (nSPS) is 31.1. The first-order valence-corrected chi connectivity index (χ1v) is 4.02. The molecular weight excluding hydrogens is 146 g/mol. The van der Waals surface area contributed by atoms with Gasteiger partial charge >= 0.3 is 0 Å². The molecule has 1 N–H and O–H groups in total. The van der Waals surface area contributed by atoms with E-state index in [4.69, 9.17) is 11.6 Å². The molecule has 2 heteroatoms. The molecule has 1 heterocycles. The van der Waals surface area contributed by atoms with E-state index in [1.54, 1.807) is 0 Å². The molecule has 0 saturated carbocycles. The van der Waals surface area contributed by atoms with Gasteiger partial charge in [-0.25, -0.2) is 0 Å². The average Bonchev–Trinajstić information content (AvgIpc) is 2.33. The van der Waals surface area contributed by atoms with Crippen molar-refractivity contribution in [1.82, 2.24) is 5.32 Å². The molecule has 1 saturated heterocycles. The van der Waals surface area contributed by atoms with E-state index in [0.29, 0.717) is 6.04 Å². The number of allylic oxidation sites excluding steroid dienone is 2. The van der Waals surface area contributed by atoms with Crippen molar-refractivity contribution in [2.45, 2.75) is 18.9 Å². The van der Waals surface area contributed by atoms with Crippen molar-refractivity contribution in [3.05, 3.63) is 22.8 Å². The summed E-state index contributed by atoms with van der Waals surface area (Å²) >= 11 is 5.86. The minimum absolute atomic E-state index is 0.553. The number of fused-ring (bicyclic) bond motifs is 1. The molecule has 54 valence electrons. The predicted molar refractivity (Wildman–Crippen MR) is 43.0 cm³/mol. The molecule has 2 aliphatic rings. The first-order chi connectivity index (χ1) is 4.86. The van der Waals surface area contributed by atoms with E-state index in [2.05, 4.69) is 11.4 Å². The fourth-order valence-electron chi connectivity index (χ4n) is 1.56. The number of halogens is 1. The smallest absolute Gasteiger partial charge is 0.0332 e. The Bertz CT molecular complexity index is 205. The van der Waals surface area contributed by atoms with Gasteiger partial charge in [-0.15, -0.1) is 0 Å². The molecule has 0 bridgehead atoms. The van der Waals surface area contributed by atoms with Crippen LogP contribution in [-0.2, 0) is 0 Å². The van der Waals surface area contributed by atoms with Crippen LogP contribution in [0.2, 0.25) is 0 Å². The molecule has 10 heavy (non-hydrogen) atoms. The highest BCUT2D eigenvalue weighted by Gasteiger charge is 2.22. The highest BCUT2D eigenvalue weighted by molar-refractivity contribution is 6.29. The van der Waals surface area contributed by atoms with Crippen LogP contribution in [0.25, 0.3) is 0 Å². The molecule has 0 radical (unpaired) electrons.